The molecule has 0 saturated carbocycles. The number of aromatic nitrogens is 1. The maximum absolute atomic E-state index is 12.5. The molecule has 2 heterocycles. The molecule has 1 aromatic rings. The first kappa shape index (κ1) is 17.4. The second kappa shape index (κ2) is 8.06. The third-order valence-electron chi connectivity index (χ3n) is 4.76. The minimum Gasteiger partial charge on any atom is -0.338 e. The topological polar surface area (TPSA) is 45.2 Å². The van der Waals surface area contributed by atoms with Crippen molar-refractivity contribution in [2.45, 2.75) is 58.9 Å². The molecular weight excluding hydrogens is 294 g/mol. The SMILES string of the molecule is CCc1nc(C)c(C(C)N(C)C(=O)CCC2CCNCC2)s1. The molecule has 1 aliphatic rings. The first-order valence-corrected chi connectivity index (χ1v) is 9.27. The maximum atomic E-state index is 12.5. The van der Waals surface area contributed by atoms with Gasteiger partial charge < -0.3 is 10.2 Å². The van der Waals surface area contributed by atoms with Crippen LogP contribution in [0.4, 0.5) is 0 Å². The van der Waals surface area contributed by atoms with Crippen molar-refractivity contribution >= 4 is 17.2 Å². The van der Waals surface area contributed by atoms with E-state index in [9.17, 15) is 4.79 Å². The number of hydrogen-bond donors (Lipinski definition) is 1. The Labute approximate surface area is 138 Å². The molecule has 1 unspecified atom stereocenters. The van der Waals surface area contributed by atoms with Crippen LogP contribution in [0.3, 0.4) is 0 Å². The van der Waals surface area contributed by atoms with Crippen LogP contribution in [0, 0.1) is 12.8 Å². The molecule has 1 amide bonds. The molecule has 0 aliphatic carbocycles. The Morgan fingerprint density at radius 1 is 1.45 bits per heavy atom. The number of nitrogens with one attached hydrogen (secondary N) is 1. The van der Waals surface area contributed by atoms with Crippen LogP contribution < -0.4 is 5.32 Å². The molecule has 1 aromatic heterocycles. The molecule has 1 fully saturated rings. The van der Waals surface area contributed by atoms with E-state index < -0.39 is 0 Å². The summed E-state index contributed by atoms with van der Waals surface area (Å²) in [6, 6.07) is 0.123. The molecule has 1 N–H and O–H groups in total. The van der Waals surface area contributed by atoms with Gasteiger partial charge in [-0.15, -0.1) is 11.3 Å². The Bertz CT molecular complexity index is 494. The summed E-state index contributed by atoms with van der Waals surface area (Å²) < 4.78 is 0. The number of rotatable bonds is 6. The minimum atomic E-state index is 0.123. The monoisotopic (exact) mass is 323 g/mol. The molecule has 4 nitrogen and oxygen atoms in total. The summed E-state index contributed by atoms with van der Waals surface area (Å²) in [6.45, 7) is 8.49. The fourth-order valence-corrected chi connectivity index (χ4v) is 4.17. The Morgan fingerprint density at radius 3 is 2.73 bits per heavy atom. The summed E-state index contributed by atoms with van der Waals surface area (Å²) in [7, 11) is 1.93. The van der Waals surface area contributed by atoms with Gasteiger partial charge in [-0.1, -0.05) is 6.92 Å². The van der Waals surface area contributed by atoms with Crippen molar-refractivity contribution in [3.8, 4) is 0 Å². The molecule has 124 valence electrons. The van der Waals surface area contributed by atoms with Gasteiger partial charge in [0, 0.05) is 18.3 Å². The standard InChI is InChI=1S/C17H29N3OS/c1-5-15-19-12(2)17(22-15)13(3)20(4)16(21)7-6-14-8-10-18-11-9-14/h13-14,18H,5-11H2,1-4H3. The summed E-state index contributed by atoms with van der Waals surface area (Å²) in [5.41, 5.74) is 1.08. The maximum Gasteiger partial charge on any atom is 0.222 e. The Hall–Kier alpha value is -0.940. The van der Waals surface area contributed by atoms with Crippen molar-refractivity contribution in [2.75, 3.05) is 20.1 Å². The first-order chi connectivity index (χ1) is 10.5. The molecule has 1 atom stereocenters. The highest BCUT2D eigenvalue weighted by atomic mass is 32.1. The predicted molar refractivity (Wildman–Crippen MR) is 92.2 cm³/mol. The van der Waals surface area contributed by atoms with Gasteiger partial charge in [0.1, 0.15) is 0 Å². The third-order valence-corrected chi connectivity index (χ3v) is 6.23. The highest BCUT2D eigenvalue weighted by molar-refractivity contribution is 7.11. The van der Waals surface area contributed by atoms with E-state index in [0.29, 0.717) is 12.3 Å². The number of amides is 1. The molecule has 5 heteroatoms. The normalized spacial score (nSPS) is 17.5. The lowest BCUT2D eigenvalue weighted by molar-refractivity contribution is -0.132. The van der Waals surface area contributed by atoms with Crippen molar-refractivity contribution in [3.63, 3.8) is 0 Å². The second-order valence-corrected chi connectivity index (χ2v) is 7.44. The first-order valence-electron chi connectivity index (χ1n) is 8.45. The summed E-state index contributed by atoms with van der Waals surface area (Å²) in [4.78, 5) is 20.2. The van der Waals surface area contributed by atoms with E-state index in [1.54, 1.807) is 11.3 Å². The number of carbonyl (C=O) groups excluding carboxylic acids is 1. The van der Waals surface area contributed by atoms with E-state index in [1.807, 2.05) is 11.9 Å². The van der Waals surface area contributed by atoms with E-state index >= 15 is 0 Å². The summed E-state index contributed by atoms with van der Waals surface area (Å²) >= 11 is 1.75. The van der Waals surface area contributed by atoms with Crippen molar-refractivity contribution in [3.05, 3.63) is 15.6 Å². The fraction of sp³-hybridized carbons (Fsp3) is 0.765. The van der Waals surface area contributed by atoms with Crippen LogP contribution in [0.5, 0.6) is 0 Å². The summed E-state index contributed by atoms with van der Waals surface area (Å²) in [5, 5.41) is 4.54. The highest BCUT2D eigenvalue weighted by Gasteiger charge is 2.23. The zero-order chi connectivity index (χ0) is 16.1. The molecule has 1 saturated heterocycles. The van der Waals surface area contributed by atoms with Crippen LogP contribution in [0.25, 0.3) is 0 Å². The van der Waals surface area contributed by atoms with Gasteiger partial charge in [-0.3, -0.25) is 4.79 Å². The fourth-order valence-electron chi connectivity index (χ4n) is 3.07. The van der Waals surface area contributed by atoms with Crippen molar-refractivity contribution in [1.29, 1.82) is 0 Å². The zero-order valence-electron chi connectivity index (χ0n) is 14.3. The van der Waals surface area contributed by atoms with Crippen molar-refractivity contribution < 1.29 is 4.79 Å². The molecule has 0 aromatic carbocycles. The Morgan fingerprint density at radius 2 is 2.14 bits per heavy atom. The zero-order valence-corrected chi connectivity index (χ0v) is 15.1. The Balaban J connectivity index is 1.89. The largest absolute Gasteiger partial charge is 0.338 e. The van der Waals surface area contributed by atoms with Gasteiger partial charge in [-0.25, -0.2) is 4.98 Å². The van der Waals surface area contributed by atoms with Gasteiger partial charge in [-0.2, -0.15) is 0 Å². The van der Waals surface area contributed by atoms with E-state index in [4.69, 9.17) is 0 Å². The summed E-state index contributed by atoms with van der Waals surface area (Å²) in [5.74, 6) is 0.975. The lowest BCUT2D eigenvalue weighted by atomic mass is 9.93. The van der Waals surface area contributed by atoms with Crippen LogP contribution in [0.1, 0.15) is 61.2 Å². The molecular formula is C17H29N3OS. The molecule has 0 spiro atoms. The van der Waals surface area contributed by atoms with Crippen molar-refractivity contribution in [1.82, 2.24) is 15.2 Å². The van der Waals surface area contributed by atoms with Gasteiger partial charge >= 0.3 is 0 Å². The van der Waals surface area contributed by atoms with Gasteiger partial charge in [0.2, 0.25) is 5.91 Å². The van der Waals surface area contributed by atoms with E-state index in [1.165, 1.54) is 17.7 Å². The smallest absolute Gasteiger partial charge is 0.222 e. The average molecular weight is 324 g/mol. The molecule has 2 rings (SSSR count). The lowest BCUT2D eigenvalue weighted by Crippen LogP contribution is -2.31. The average Bonchev–Trinajstić information content (AvgIpc) is 2.93. The molecule has 0 radical (unpaired) electrons. The van der Waals surface area contributed by atoms with Gasteiger partial charge in [0.25, 0.3) is 0 Å². The van der Waals surface area contributed by atoms with Crippen LogP contribution in [-0.2, 0) is 11.2 Å². The van der Waals surface area contributed by atoms with Crippen LogP contribution in [0.2, 0.25) is 0 Å². The van der Waals surface area contributed by atoms with Crippen LogP contribution in [-0.4, -0.2) is 35.9 Å². The van der Waals surface area contributed by atoms with Gasteiger partial charge in [-0.05, 0) is 58.5 Å². The lowest BCUT2D eigenvalue weighted by Gasteiger charge is -2.26. The number of aryl methyl sites for hydroxylation is 2. The minimum absolute atomic E-state index is 0.123. The summed E-state index contributed by atoms with van der Waals surface area (Å²) in [6.07, 6.45) is 5.08. The van der Waals surface area contributed by atoms with E-state index in [2.05, 4.69) is 31.1 Å². The van der Waals surface area contributed by atoms with E-state index in [0.717, 1.165) is 36.6 Å². The number of nitrogens with zero attached hydrogens (tertiary/aromatic N) is 2. The molecule has 1 aliphatic heterocycles. The van der Waals surface area contributed by atoms with Crippen LogP contribution >= 0.6 is 11.3 Å². The number of hydrogen-bond acceptors (Lipinski definition) is 4. The second-order valence-electron chi connectivity index (χ2n) is 6.32. The third kappa shape index (κ3) is 4.29. The number of piperidine rings is 1. The number of carbonyl (C=O) groups is 1. The Kier molecular flexibility index (Phi) is 6.38. The quantitative estimate of drug-likeness (QED) is 0.873. The number of thiazole rings is 1. The van der Waals surface area contributed by atoms with E-state index in [-0.39, 0.29) is 11.9 Å². The van der Waals surface area contributed by atoms with Gasteiger partial charge in [0.15, 0.2) is 0 Å². The molecule has 0 bridgehead atoms. The van der Waals surface area contributed by atoms with Gasteiger partial charge in [0.05, 0.1) is 16.7 Å². The molecule has 22 heavy (non-hydrogen) atoms. The van der Waals surface area contributed by atoms with Crippen LogP contribution in [0.15, 0.2) is 0 Å². The predicted octanol–water partition coefficient (Wildman–Crippen LogP) is 3.31. The highest BCUT2D eigenvalue weighted by Crippen LogP contribution is 2.29. The van der Waals surface area contributed by atoms with Crippen molar-refractivity contribution in [2.24, 2.45) is 5.92 Å².